The molecule has 0 saturated carbocycles. The molecule has 0 aliphatic heterocycles. The zero-order chi connectivity index (χ0) is 15.2. The van der Waals surface area contributed by atoms with Crippen molar-refractivity contribution in [1.29, 1.82) is 0 Å². The van der Waals surface area contributed by atoms with Crippen LogP contribution in [0.2, 0.25) is 0 Å². The van der Waals surface area contributed by atoms with E-state index in [0.29, 0.717) is 5.56 Å². The zero-order valence-corrected chi connectivity index (χ0v) is 11.6. The Balaban J connectivity index is 2.12. The summed E-state index contributed by atoms with van der Waals surface area (Å²) in [4.78, 5) is 27.1. The van der Waals surface area contributed by atoms with Gasteiger partial charge < -0.3 is 10.4 Å². The summed E-state index contributed by atoms with van der Waals surface area (Å²) < 4.78 is 13.7. The summed E-state index contributed by atoms with van der Waals surface area (Å²) in [6, 6.07) is 3.83. The quantitative estimate of drug-likeness (QED) is 0.831. The molecule has 2 rings (SSSR count). The number of hydrogen-bond donors (Lipinski definition) is 2. The van der Waals surface area contributed by atoms with E-state index in [1.54, 1.807) is 11.7 Å². The van der Waals surface area contributed by atoms with Crippen molar-refractivity contribution in [3.63, 3.8) is 0 Å². The van der Waals surface area contributed by atoms with Crippen molar-refractivity contribution >= 4 is 29.3 Å². The van der Waals surface area contributed by atoms with E-state index in [4.69, 9.17) is 5.11 Å². The third-order valence-electron chi connectivity index (χ3n) is 2.56. The summed E-state index contributed by atoms with van der Waals surface area (Å²) in [7, 11) is 0. The Kier molecular flexibility index (Phi) is 4.78. The second-order valence-electron chi connectivity index (χ2n) is 4.06. The van der Waals surface area contributed by atoms with Gasteiger partial charge in [0.15, 0.2) is 0 Å². The maximum absolute atomic E-state index is 13.7. The zero-order valence-electron chi connectivity index (χ0n) is 10.7. The van der Waals surface area contributed by atoms with Crippen molar-refractivity contribution in [2.75, 3.05) is 0 Å². The van der Waals surface area contributed by atoms with Crippen LogP contribution in [0.25, 0.3) is 6.08 Å². The lowest BCUT2D eigenvalue weighted by atomic mass is 10.1. The van der Waals surface area contributed by atoms with Crippen LogP contribution in [0.3, 0.4) is 0 Å². The molecule has 108 valence electrons. The van der Waals surface area contributed by atoms with Gasteiger partial charge in [0.05, 0.1) is 17.6 Å². The molecule has 0 bridgehead atoms. The smallest absolute Gasteiger partial charge is 0.328 e. The number of halogens is 1. The normalized spacial score (nSPS) is 10.7. The lowest BCUT2D eigenvalue weighted by Gasteiger charge is -2.05. The van der Waals surface area contributed by atoms with E-state index in [2.05, 4.69) is 10.3 Å². The topological polar surface area (TPSA) is 79.3 Å². The van der Waals surface area contributed by atoms with Crippen LogP contribution < -0.4 is 5.32 Å². The van der Waals surface area contributed by atoms with Gasteiger partial charge in [-0.2, -0.15) is 0 Å². The minimum atomic E-state index is -1.12. The van der Waals surface area contributed by atoms with Crippen LogP contribution in [0.15, 0.2) is 36.0 Å². The fourth-order valence-electron chi connectivity index (χ4n) is 1.58. The highest BCUT2D eigenvalue weighted by Crippen LogP contribution is 2.13. The van der Waals surface area contributed by atoms with Gasteiger partial charge in [0, 0.05) is 17.2 Å². The van der Waals surface area contributed by atoms with Gasteiger partial charge >= 0.3 is 5.97 Å². The number of benzene rings is 1. The number of aliphatic carboxylic acids is 1. The van der Waals surface area contributed by atoms with Crippen molar-refractivity contribution in [2.24, 2.45) is 0 Å². The number of rotatable bonds is 5. The predicted molar refractivity (Wildman–Crippen MR) is 76.4 cm³/mol. The first kappa shape index (κ1) is 14.9. The third kappa shape index (κ3) is 4.22. The average molecular weight is 306 g/mol. The molecule has 1 aromatic heterocycles. The van der Waals surface area contributed by atoms with E-state index in [-0.39, 0.29) is 12.1 Å². The van der Waals surface area contributed by atoms with E-state index in [0.717, 1.165) is 17.0 Å². The standard InChI is InChI=1S/C14H11FN2O3S/c15-12-3-1-9(2-4-13(18)19)5-11(12)14(20)17-7-10-6-16-8-21-10/h1-6,8H,7H2,(H,17,20)(H,18,19)/b4-2+. The highest BCUT2D eigenvalue weighted by molar-refractivity contribution is 7.09. The Bertz CT molecular complexity index is 684. The number of thiazole rings is 1. The van der Waals surface area contributed by atoms with Gasteiger partial charge in [0.1, 0.15) is 5.82 Å². The first-order valence-electron chi connectivity index (χ1n) is 5.92. The van der Waals surface area contributed by atoms with E-state index in [1.807, 2.05) is 0 Å². The minimum Gasteiger partial charge on any atom is -0.478 e. The molecule has 0 saturated heterocycles. The van der Waals surface area contributed by atoms with Crippen molar-refractivity contribution in [2.45, 2.75) is 6.54 Å². The largest absolute Gasteiger partial charge is 0.478 e. The van der Waals surface area contributed by atoms with Crippen LogP contribution in [0.4, 0.5) is 4.39 Å². The fraction of sp³-hybridized carbons (Fsp3) is 0.0714. The monoisotopic (exact) mass is 306 g/mol. The molecule has 1 heterocycles. The molecule has 7 heteroatoms. The van der Waals surface area contributed by atoms with E-state index in [9.17, 15) is 14.0 Å². The van der Waals surface area contributed by atoms with Crippen molar-refractivity contribution in [3.8, 4) is 0 Å². The number of nitrogens with one attached hydrogen (secondary N) is 1. The fourth-order valence-corrected chi connectivity index (χ4v) is 2.11. The SMILES string of the molecule is O=C(O)/C=C/c1ccc(F)c(C(=O)NCc2cncs2)c1. The number of hydrogen-bond acceptors (Lipinski definition) is 4. The molecule has 0 aliphatic carbocycles. The Morgan fingerprint density at radius 1 is 1.43 bits per heavy atom. The number of carbonyl (C=O) groups excluding carboxylic acids is 1. The summed E-state index contributed by atoms with van der Waals surface area (Å²) in [6.45, 7) is 0.262. The number of carboxylic acids is 1. The summed E-state index contributed by atoms with van der Waals surface area (Å²) in [5.74, 6) is -2.34. The second-order valence-corrected chi connectivity index (χ2v) is 5.03. The van der Waals surface area contributed by atoms with Crippen molar-refractivity contribution < 1.29 is 19.1 Å². The molecule has 0 aliphatic rings. The lowest BCUT2D eigenvalue weighted by molar-refractivity contribution is -0.131. The molecular formula is C14H11FN2O3S. The Morgan fingerprint density at radius 2 is 2.24 bits per heavy atom. The average Bonchev–Trinajstić information content (AvgIpc) is 2.97. The van der Waals surface area contributed by atoms with Crippen molar-refractivity contribution in [3.05, 3.63) is 57.8 Å². The highest BCUT2D eigenvalue weighted by atomic mass is 32.1. The lowest BCUT2D eigenvalue weighted by Crippen LogP contribution is -2.23. The van der Waals surface area contributed by atoms with Gasteiger partial charge in [-0.3, -0.25) is 9.78 Å². The summed E-state index contributed by atoms with van der Waals surface area (Å²) >= 11 is 1.38. The summed E-state index contributed by atoms with van der Waals surface area (Å²) in [5.41, 5.74) is 1.94. The molecule has 0 spiro atoms. The second kappa shape index (κ2) is 6.76. The molecular weight excluding hydrogens is 295 g/mol. The molecule has 5 nitrogen and oxygen atoms in total. The van der Waals surface area contributed by atoms with Gasteiger partial charge in [-0.1, -0.05) is 6.07 Å². The van der Waals surface area contributed by atoms with Gasteiger partial charge in [0.2, 0.25) is 0 Å². The molecule has 21 heavy (non-hydrogen) atoms. The number of aromatic nitrogens is 1. The van der Waals surface area contributed by atoms with Crippen LogP contribution in [-0.4, -0.2) is 22.0 Å². The van der Waals surface area contributed by atoms with Gasteiger partial charge in [-0.15, -0.1) is 11.3 Å². The molecule has 0 atom stereocenters. The molecule has 2 N–H and O–H groups in total. The summed E-state index contributed by atoms with van der Waals surface area (Å²) in [5, 5.41) is 11.1. The van der Waals surface area contributed by atoms with E-state index in [1.165, 1.54) is 29.5 Å². The van der Waals surface area contributed by atoms with Crippen LogP contribution in [-0.2, 0) is 11.3 Å². The maximum atomic E-state index is 13.7. The Labute approximate surface area is 123 Å². The van der Waals surface area contributed by atoms with E-state index < -0.39 is 17.7 Å². The van der Waals surface area contributed by atoms with Crippen LogP contribution in [0, 0.1) is 5.82 Å². The first-order valence-corrected chi connectivity index (χ1v) is 6.80. The van der Waals surface area contributed by atoms with Gasteiger partial charge in [-0.05, 0) is 23.8 Å². The minimum absolute atomic E-state index is 0.132. The van der Waals surface area contributed by atoms with Crippen LogP contribution in [0.5, 0.6) is 0 Å². The van der Waals surface area contributed by atoms with Gasteiger partial charge in [0.25, 0.3) is 5.91 Å². The molecule has 1 amide bonds. The predicted octanol–water partition coefficient (Wildman–Crippen LogP) is 2.31. The molecule has 0 radical (unpaired) electrons. The molecule has 0 fully saturated rings. The number of carbonyl (C=O) groups is 2. The first-order chi connectivity index (χ1) is 10.1. The molecule has 1 aromatic carbocycles. The van der Waals surface area contributed by atoms with E-state index >= 15 is 0 Å². The number of amides is 1. The molecule has 2 aromatic rings. The number of carboxylic acid groups (broad SMARTS) is 1. The number of nitrogens with zero attached hydrogens (tertiary/aromatic N) is 1. The summed E-state index contributed by atoms with van der Waals surface area (Å²) in [6.07, 6.45) is 3.83. The maximum Gasteiger partial charge on any atom is 0.328 e. The van der Waals surface area contributed by atoms with Gasteiger partial charge in [-0.25, -0.2) is 9.18 Å². The molecule has 0 unspecified atom stereocenters. The van der Waals surface area contributed by atoms with Crippen LogP contribution >= 0.6 is 11.3 Å². The highest BCUT2D eigenvalue weighted by Gasteiger charge is 2.12. The van der Waals surface area contributed by atoms with Crippen molar-refractivity contribution in [1.82, 2.24) is 10.3 Å². The van der Waals surface area contributed by atoms with Crippen LogP contribution in [0.1, 0.15) is 20.8 Å². The Morgan fingerprint density at radius 3 is 2.90 bits per heavy atom. The Hall–Kier alpha value is -2.54. The third-order valence-corrected chi connectivity index (χ3v) is 3.34.